The lowest BCUT2D eigenvalue weighted by Gasteiger charge is -2.29. The maximum absolute atomic E-state index is 13.5. The third-order valence-corrected chi connectivity index (χ3v) is 9.66. The molecule has 0 saturated heterocycles. The molecule has 20 heteroatoms. The molecule has 7 atom stereocenters. The molecule has 5 amide bonds. The van der Waals surface area contributed by atoms with Crippen molar-refractivity contribution in [1.29, 1.82) is 0 Å². The number of hydrogen-bond donors (Lipinski definition) is 12. The molecule has 1 aliphatic rings. The molecule has 0 heterocycles. The Balaban J connectivity index is 3.01. The first-order valence-electron chi connectivity index (χ1n) is 20.1. The van der Waals surface area contributed by atoms with Crippen molar-refractivity contribution in [1.82, 2.24) is 37.4 Å². The summed E-state index contributed by atoms with van der Waals surface area (Å²) in [4.78, 5) is 102. The minimum absolute atomic E-state index is 0.0152. The van der Waals surface area contributed by atoms with Crippen molar-refractivity contribution in [2.24, 2.45) is 22.6 Å². The minimum Gasteiger partial charge on any atom is -0.480 e. The monoisotopic (exact) mass is 825 g/mol. The first-order valence-corrected chi connectivity index (χ1v) is 20.1. The lowest BCUT2D eigenvalue weighted by Crippen LogP contribution is -2.60. The normalized spacial score (nSPS) is 17.4. The van der Waals surface area contributed by atoms with Crippen LogP contribution in [-0.2, 0) is 38.4 Å². The Labute approximate surface area is 340 Å². The predicted molar refractivity (Wildman–Crippen MR) is 215 cm³/mol. The Bertz CT molecular complexity index is 1450. The number of unbranched alkanes of at least 4 members (excludes halogenated alkanes) is 2. The first kappa shape index (κ1) is 51.5. The zero-order valence-corrected chi connectivity index (χ0v) is 34.8. The SMILES string of the molecule is CCCC[C@H](NC(=O)[C@H](CCCC)NNCC[C@H](N)C(=O)N[C@H](C(=O)N[C@@H](CCNC(C)=C1C(=O)CC(C)(C)CC1=O)C(=O)N[C@@H](CCN)C(=O)O)[C@@H](C)O)C(N)=O. The van der Waals surface area contributed by atoms with Gasteiger partial charge in [-0.3, -0.25) is 39.0 Å². The fraction of sp³-hybridized carbons (Fsp3) is 0.737. The van der Waals surface area contributed by atoms with Gasteiger partial charge in [0.2, 0.25) is 29.5 Å². The maximum Gasteiger partial charge on any atom is 0.326 e. The molecule has 0 radical (unpaired) electrons. The van der Waals surface area contributed by atoms with Crippen LogP contribution in [0.3, 0.4) is 0 Å². The fourth-order valence-electron chi connectivity index (χ4n) is 6.26. The second kappa shape index (κ2) is 25.8. The molecule has 1 rings (SSSR count). The van der Waals surface area contributed by atoms with Gasteiger partial charge in [-0.15, -0.1) is 0 Å². The van der Waals surface area contributed by atoms with E-state index in [0.29, 0.717) is 25.7 Å². The van der Waals surface area contributed by atoms with Crippen LogP contribution in [0.25, 0.3) is 0 Å². The summed E-state index contributed by atoms with van der Waals surface area (Å²) >= 11 is 0. The summed E-state index contributed by atoms with van der Waals surface area (Å²) in [6.45, 7) is 10.3. The molecule has 1 saturated carbocycles. The molecule has 1 aliphatic carbocycles. The number of carboxylic acid groups (broad SMARTS) is 1. The Morgan fingerprint density at radius 3 is 1.79 bits per heavy atom. The third-order valence-electron chi connectivity index (χ3n) is 9.66. The summed E-state index contributed by atoms with van der Waals surface area (Å²) in [5.41, 5.74) is 22.7. The minimum atomic E-state index is -1.59. The molecule has 15 N–H and O–H groups in total. The highest BCUT2D eigenvalue weighted by Crippen LogP contribution is 2.34. The van der Waals surface area contributed by atoms with Gasteiger partial charge in [0.05, 0.1) is 23.8 Å². The Hall–Kier alpha value is -4.50. The molecule has 58 heavy (non-hydrogen) atoms. The van der Waals surface area contributed by atoms with Crippen LogP contribution in [0, 0.1) is 5.41 Å². The second-order valence-electron chi connectivity index (χ2n) is 15.6. The molecule has 0 aromatic rings. The highest BCUT2D eigenvalue weighted by atomic mass is 16.4. The lowest BCUT2D eigenvalue weighted by molar-refractivity contribution is -0.142. The van der Waals surface area contributed by atoms with Crippen molar-refractivity contribution in [3.05, 3.63) is 11.3 Å². The average Bonchev–Trinajstić information content (AvgIpc) is 3.12. The summed E-state index contributed by atoms with van der Waals surface area (Å²) in [7, 11) is 0. The van der Waals surface area contributed by atoms with E-state index in [9.17, 15) is 48.6 Å². The van der Waals surface area contributed by atoms with E-state index in [1.54, 1.807) is 6.92 Å². The quantitative estimate of drug-likeness (QED) is 0.0176. The van der Waals surface area contributed by atoms with E-state index in [-0.39, 0.29) is 74.6 Å². The van der Waals surface area contributed by atoms with Crippen molar-refractivity contribution in [3.8, 4) is 0 Å². The van der Waals surface area contributed by atoms with Crippen LogP contribution in [0.15, 0.2) is 11.3 Å². The predicted octanol–water partition coefficient (Wildman–Crippen LogP) is -2.00. The van der Waals surface area contributed by atoms with Crippen molar-refractivity contribution < 1.29 is 48.6 Å². The molecule has 0 spiro atoms. The van der Waals surface area contributed by atoms with Gasteiger partial charge in [0, 0.05) is 31.6 Å². The number of ketones is 2. The van der Waals surface area contributed by atoms with Crippen molar-refractivity contribution in [3.63, 3.8) is 0 Å². The third kappa shape index (κ3) is 18.0. The average molecular weight is 825 g/mol. The van der Waals surface area contributed by atoms with Gasteiger partial charge < -0.3 is 54.0 Å². The van der Waals surface area contributed by atoms with Gasteiger partial charge >= 0.3 is 5.97 Å². The van der Waals surface area contributed by atoms with E-state index in [2.05, 4.69) is 37.4 Å². The number of aliphatic hydroxyl groups is 1. The molecule has 0 aliphatic heterocycles. The number of carbonyl (C=O) groups excluding carboxylic acids is 7. The van der Waals surface area contributed by atoms with Gasteiger partial charge in [-0.25, -0.2) is 10.2 Å². The van der Waals surface area contributed by atoms with Crippen LogP contribution in [0.4, 0.5) is 0 Å². The number of nitrogens with one attached hydrogen (secondary N) is 7. The summed E-state index contributed by atoms with van der Waals surface area (Å²) in [5.74, 6) is -5.73. The van der Waals surface area contributed by atoms with E-state index in [1.807, 2.05) is 27.7 Å². The van der Waals surface area contributed by atoms with Crippen LogP contribution >= 0.6 is 0 Å². The smallest absolute Gasteiger partial charge is 0.326 e. The second-order valence-corrected chi connectivity index (χ2v) is 15.6. The summed E-state index contributed by atoms with van der Waals surface area (Å²) < 4.78 is 0. The molecular formula is C38H68N10O10. The van der Waals surface area contributed by atoms with Crippen molar-refractivity contribution in [2.75, 3.05) is 19.6 Å². The van der Waals surface area contributed by atoms with Gasteiger partial charge in [0.1, 0.15) is 24.2 Å². The van der Waals surface area contributed by atoms with E-state index >= 15 is 0 Å². The van der Waals surface area contributed by atoms with Gasteiger partial charge in [0.25, 0.3) is 0 Å². The molecule has 330 valence electrons. The number of Topliss-reactive ketones (excluding diaryl/α,β-unsaturated/α-hetero) is 2. The number of carboxylic acids is 1. The Morgan fingerprint density at radius 1 is 0.741 bits per heavy atom. The van der Waals surface area contributed by atoms with Gasteiger partial charge in [-0.05, 0) is 57.9 Å². The van der Waals surface area contributed by atoms with Gasteiger partial charge in [-0.2, -0.15) is 0 Å². The number of aliphatic carboxylic acids is 1. The number of carbonyl (C=O) groups is 8. The Kier molecular flexibility index (Phi) is 22.9. The molecular weight excluding hydrogens is 756 g/mol. The van der Waals surface area contributed by atoms with Gasteiger partial charge in [-0.1, -0.05) is 53.4 Å². The molecule has 20 nitrogen and oxygen atoms in total. The molecule has 1 fully saturated rings. The van der Waals surface area contributed by atoms with E-state index in [4.69, 9.17) is 17.2 Å². The summed E-state index contributed by atoms with van der Waals surface area (Å²) in [5, 5.41) is 32.9. The van der Waals surface area contributed by atoms with Gasteiger partial charge in [0.15, 0.2) is 11.6 Å². The topological polar surface area (TPSA) is 339 Å². The van der Waals surface area contributed by atoms with E-state index in [0.717, 1.165) is 12.8 Å². The molecule has 0 bridgehead atoms. The van der Waals surface area contributed by atoms with Crippen LogP contribution in [-0.4, -0.2) is 119 Å². The summed E-state index contributed by atoms with van der Waals surface area (Å²) in [6, 6.07) is -7.10. The fourth-order valence-corrected chi connectivity index (χ4v) is 6.26. The lowest BCUT2D eigenvalue weighted by atomic mass is 9.73. The zero-order chi connectivity index (χ0) is 44.2. The number of hydrogen-bond acceptors (Lipinski definition) is 14. The van der Waals surface area contributed by atoms with Crippen LogP contribution < -0.4 is 54.6 Å². The van der Waals surface area contributed by atoms with E-state index in [1.165, 1.54) is 6.92 Å². The Morgan fingerprint density at radius 2 is 1.28 bits per heavy atom. The van der Waals surface area contributed by atoms with Crippen LogP contribution in [0.5, 0.6) is 0 Å². The molecule has 0 aromatic carbocycles. The summed E-state index contributed by atoms with van der Waals surface area (Å²) in [6.07, 6.45) is 2.52. The zero-order valence-electron chi connectivity index (χ0n) is 34.8. The number of allylic oxidation sites excluding steroid dienone is 2. The number of rotatable bonds is 28. The van der Waals surface area contributed by atoms with Crippen LogP contribution in [0.1, 0.15) is 112 Å². The number of aliphatic hydroxyl groups excluding tert-OH is 1. The maximum atomic E-state index is 13.5. The number of nitrogens with two attached hydrogens (primary N) is 3. The first-order chi connectivity index (χ1) is 27.2. The molecule has 0 unspecified atom stereocenters. The largest absolute Gasteiger partial charge is 0.480 e. The van der Waals surface area contributed by atoms with Crippen molar-refractivity contribution >= 4 is 47.1 Å². The standard InChI is InChI=1S/C38H68N10O10/c1-7-9-11-24(32(41)52)44-35(55)26(12-10-8-2)48-43-18-14-23(40)33(53)47-31(22(4)49)36(56)45-25(34(54)46-27(13-16-39)37(57)58)15-17-42-21(3)30-28(50)19-38(5,6)20-29(30)51/h22-27,31,42-43,48-49H,7-20,39-40H2,1-6H3,(H2,41,52)(H,44,55)(H,45,56)(H,46,54)(H,47,53)(H,57,58)/t22-,23+,24+,25+,26+,27+,31+/m1/s1. The number of amides is 5. The number of primary amides is 1. The molecule has 0 aromatic heterocycles. The van der Waals surface area contributed by atoms with Crippen LogP contribution in [0.2, 0.25) is 0 Å². The van der Waals surface area contributed by atoms with Crippen molar-refractivity contribution in [2.45, 2.75) is 155 Å². The highest BCUT2D eigenvalue weighted by molar-refractivity contribution is 6.22. The number of hydrazine groups is 1. The van der Waals surface area contributed by atoms with E-state index < -0.39 is 83.3 Å². The highest BCUT2D eigenvalue weighted by Gasteiger charge is 2.37.